The maximum atomic E-state index is 11.9. The van der Waals surface area contributed by atoms with E-state index >= 15 is 0 Å². The molecule has 0 saturated heterocycles. The van der Waals surface area contributed by atoms with Gasteiger partial charge in [0, 0.05) is 19.0 Å². The predicted molar refractivity (Wildman–Crippen MR) is 80.2 cm³/mol. The summed E-state index contributed by atoms with van der Waals surface area (Å²) >= 11 is 0. The minimum atomic E-state index is -0.824. The molecule has 0 fully saturated rings. The van der Waals surface area contributed by atoms with Crippen LogP contribution in [0.15, 0.2) is 24.3 Å². The highest BCUT2D eigenvalue weighted by Crippen LogP contribution is 2.21. The van der Waals surface area contributed by atoms with Crippen LogP contribution in [-0.4, -0.2) is 29.7 Å². The van der Waals surface area contributed by atoms with E-state index in [0.29, 0.717) is 6.54 Å². The van der Waals surface area contributed by atoms with Crippen LogP contribution in [0.3, 0.4) is 0 Å². The maximum Gasteiger partial charge on any atom is 0.315 e. The van der Waals surface area contributed by atoms with Crippen LogP contribution >= 0.6 is 0 Å². The fourth-order valence-corrected chi connectivity index (χ4v) is 2.74. The lowest BCUT2D eigenvalue weighted by Crippen LogP contribution is -2.44. The lowest BCUT2D eigenvalue weighted by Gasteiger charge is -2.16. The van der Waals surface area contributed by atoms with Gasteiger partial charge in [-0.25, -0.2) is 4.79 Å². The molecule has 1 unspecified atom stereocenters. The van der Waals surface area contributed by atoms with Crippen molar-refractivity contribution in [2.45, 2.75) is 38.6 Å². The van der Waals surface area contributed by atoms with E-state index < -0.39 is 5.97 Å². The van der Waals surface area contributed by atoms with Gasteiger partial charge in [0.05, 0.1) is 0 Å². The Hall–Kier alpha value is -2.04. The molecule has 1 aliphatic carbocycles. The molecule has 0 bridgehead atoms. The van der Waals surface area contributed by atoms with Gasteiger partial charge in [-0.05, 0) is 29.9 Å². The minimum absolute atomic E-state index is 0.0194. The lowest BCUT2D eigenvalue weighted by molar-refractivity contribution is -0.138. The largest absolute Gasteiger partial charge is 0.481 e. The van der Waals surface area contributed by atoms with Crippen molar-refractivity contribution < 1.29 is 14.7 Å². The van der Waals surface area contributed by atoms with E-state index in [9.17, 15) is 9.59 Å². The summed E-state index contributed by atoms with van der Waals surface area (Å²) in [6, 6.07) is 8.13. The Balaban J connectivity index is 1.75. The van der Waals surface area contributed by atoms with Crippen LogP contribution in [0.1, 0.15) is 30.9 Å². The fourth-order valence-electron chi connectivity index (χ4n) is 2.74. The number of amides is 2. The molecule has 3 N–H and O–H groups in total. The van der Waals surface area contributed by atoms with Gasteiger partial charge in [-0.1, -0.05) is 37.6 Å². The maximum absolute atomic E-state index is 11.9. The molecule has 1 atom stereocenters. The van der Waals surface area contributed by atoms with E-state index in [2.05, 4.69) is 22.8 Å². The summed E-state index contributed by atoms with van der Waals surface area (Å²) in [4.78, 5) is 22.6. The summed E-state index contributed by atoms with van der Waals surface area (Å²) < 4.78 is 0. The Labute approximate surface area is 124 Å². The molecule has 0 aromatic heterocycles. The van der Waals surface area contributed by atoms with Crippen molar-refractivity contribution >= 4 is 12.0 Å². The van der Waals surface area contributed by atoms with Crippen LogP contribution in [0.4, 0.5) is 4.79 Å². The van der Waals surface area contributed by atoms with Gasteiger partial charge in [0.1, 0.15) is 0 Å². The van der Waals surface area contributed by atoms with Gasteiger partial charge < -0.3 is 15.7 Å². The first-order valence-corrected chi connectivity index (χ1v) is 7.41. The van der Waals surface area contributed by atoms with Crippen molar-refractivity contribution in [3.63, 3.8) is 0 Å². The number of carbonyl (C=O) groups is 2. The average molecular weight is 290 g/mol. The smallest absolute Gasteiger partial charge is 0.315 e. The first-order chi connectivity index (χ1) is 10.1. The van der Waals surface area contributed by atoms with Crippen LogP contribution in [-0.2, 0) is 17.6 Å². The summed E-state index contributed by atoms with van der Waals surface area (Å²) in [5, 5.41) is 14.5. The monoisotopic (exact) mass is 290 g/mol. The molecule has 0 aliphatic heterocycles. The third-order valence-electron chi connectivity index (χ3n) is 3.98. The number of urea groups is 1. The first kappa shape index (κ1) is 15.4. The standard InChI is InChI=1S/C16H22N2O3/c1-2-11(7-15(19)20)10-17-16(21)18-14-8-12-5-3-4-6-13(12)9-14/h3-6,11,14H,2,7-10H2,1H3,(H,19,20)(H2,17,18,21). The molecule has 2 amide bonds. The SMILES string of the molecule is CCC(CNC(=O)NC1Cc2ccccc2C1)CC(=O)O. The van der Waals surface area contributed by atoms with Crippen molar-refractivity contribution in [2.75, 3.05) is 6.54 Å². The zero-order valence-corrected chi connectivity index (χ0v) is 12.3. The summed E-state index contributed by atoms with van der Waals surface area (Å²) in [6.45, 7) is 2.33. The molecule has 1 aliphatic rings. The van der Waals surface area contributed by atoms with E-state index in [-0.39, 0.29) is 24.4 Å². The Morgan fingerprint density at radius 3 is 2.43 bits per heavy atom. The average Bonchev–Trinajstić information content (AvgIpc) is 2.85. The quantitative estimate of drug-likeness (QED) is 0.749. The van der Waals surface area contributed by atoms with Crippen molar-refractivity contribution in [3.8, 4) is 0 Å². The zero-order valence-electron chi connectivity index (χ0n) is 12.3. The van der Waals surface area contributed by atoms with Crippen LogP contribution in [0, 0.1) is 5.92 Å². The number of rotatable bonds is 6. The third kappa shape index (κ3) is 4.48. The highest BCUT2D eigenvalue weighted by atomic mass is 16.4. The molecular weight excluding hydrogens is 268 g/mol. The molecule has 2 rings (SSSR count). The Kier molecular flexibility index (Phi) is 5.20. The number of fused-ring (bicyclic) bond motifs is 1. The second kappa shape index (κ2) is 7.11. The second-order valence-corrected chi connectivity index (χ2v) is 5.60. The number of hydrogen-bond acceptors (Lipinski definition) is 2. The highest BCUT2D eigenvalue weighted by molar-refractivity contribution is 5.74. The summed E-state index contributed by atoms with van der Waals surface area (Å²) in [5.41, 5.74) is 2.58. The number of carboxylic acid groups (broad SMARTS) is 1. The van der Waals surface area contributed by atoms with E-state index in [0.717, 1.165) is 19.3 Å². The summed E-state index contributed by atoms with van der Waals surface area (Å²) in [7, 11) is 0. The molecule has 0 heterocycles. The molecule has 0 spiro atoms. The Morgan fingerprint density at radius 2 is 1.90 bits per heavy atom. The normalized spacial score (nSPS) is 15.3. The van der Waals surface area contributed by atoms with E-state index in [1.165, 1.54) is 11.1 Å². The van der Waals surface area contributed by atoms with E-state index in [4.69, 9.17) is 5.11 Å². The molecule has 114 valence electrons. The van der Waals surface area contributed by atoms with Gasteiger partial charge in [0.15, 0.2) is 0 Å². The highest BCUT2D eigenvalue weighted by Gasteiger charge is 2.22. The molecular formula is C16H22N2O3. The minimum Gasteiger partial charge on any atom is -0.481 e. The number of carboxylic acids is 1. The second-order valence-electron chi connectivity index (χ2n) is 5.60. The first-order valence-electron chi connectivity index (χ1n) is 7.41. The van der Waals surface area contributed by atoms with Gasteiger partial charge in [-0.3, -0.25) is 4.79 Å². The van der Waals surface area contributed by atoms with Crippen molar-refractivity contribution in [3.05, 3.63) is 35.4 Å². The van der Waals surface area contributed by atoms with Gasteiger partial charge >= 0.3 is 12.0 Å². The van der Waals surface area contributed by atoms with Crippen LogP contribution in [0.5, 0.6) is 0 Å². The van der Waals surface area contributed by atoms with Crippen LogP contribution in [0.25, 0.3) is 0 Å². The van der Waals surface area contributed by atoms with Crippen molar-refractivity contribution in [1.82, 2.24) is 10.6 Å². The van der Waals surface area contributed by atoms with Gasteiger partial charge in [0.2, 0.25) is 0 Å². The van der Waals surface area contributed by atoms with E-state index in [1.54, 1.807) is 0 Å². The number of carbonyl (C=O) groups excluding carboxylic acids is 1. The molecule has 0 radical (unpaired) electrons. The molecule has 5 nitrogen and oxygen atoms in total. The topological polar surface area (TPSA) is 78.4 Å². The molecule has 5 heteroatoms. The number of aliphatic carboxylic acids is 1. The molecule has 21 heavy (non-hydrogen) atoms. The Morgan fingerprint density at radius 1 is 1.29 bits per heavy atom. The number of nitrogens with one attached hydrogen (secondary N) is 2. The number of benzene rings is 1. The lowest BCUT2D eigenvalue weighted by atomic mass is 10.0. The third-order valence-corrected chi connectivity index (χ3v) is 3.98. The predicted octanol–water partition coefficient (Wildman–Crippen LogP) is 1.95. The van der Waals surface area contributed by atoms with Gasteiger partial charge in [-0.15, -0.1) is 0 Å². The summed E-state index contributed by atoms with van der Waals surface area (Å²) in [5.74, 6) is -0.843. The summed E-state index contributed by atoms with van der Waals surface area (Å²) in [6.07, 6.45) is 2.54. The molecule has 1 aromatic carbocycles. The molecule has 1 aromatic rings. The van der Waals surface area contributed by atoms with Crippen molar-refractivity contribution in [1.29, 1.82) is 0 Å². The van der Waals surface area contributed by atoms with E-state index in [1.807, 2.05) is 19.1 Å². The Bertz CT molecular complexity index is 491. The van der Waals surface area contributed by atoms with Gasteiger partial charge in [-0.2, -0.15) is 0 Å². The number of hydrogen-bond donors (Lipinski definition) is 3. The van der Waals surface area contributed by atoms with Crippen LogP contribution in [0.2, 0.25) is 0 Å². The van der Waals surface area contributed by atoms with Gasteiger partial charge in [0.25, 0.3) is 0 Å². The fraction of sp³-hybridized carbons (Fsp3) is 0.500. The molecule has 0 saturated carbocycles. The zero-order chi connectivity index (χ0) is 15.2. The van der Waals surface area contributed by atoms with Crippen molar-refractivity contribution in [2.24, 2.45) is 5.92 Å². The van der Waals surface area contributed by atoms with Crippen LogP contribution < -0.4 is 10.6 Å².